The summed E-state index contributed by atoms with van der Waals surface area (Å²) in [6.07, 6.45) is 7.82. The molecule has 0 unspecified atom stereocenters. The third-order valence-electron chi connectivity index (χ3n) is 5.63. The number of hydrogen-bond acceptors (Lipinski definition) is 4. The van der Waals surface area contributed by atoms with Crippen LogP contribution in [-0.4, -0.2) is 44.2 Å². The monoisotopic (exact) mass is 406 g/mol. The number of likely N-dealkylation sites (tertiary alicyclic amines) is 1. The van der Waals surface area contributed by atoms with Gasteiger partial charge in [-0.25, -0.2) is 4.98 Å². The van der Waals surface area contributed by atoms with Crippen LogP contribution in [0.2, 0.25) is 5.02 Å². The summed E-state index contributed by atoms with van der Waals surface area (Å²) in [6.45, 7) is 3.11. The first kappa shape index (κ1) is 18.2. The number of benzene rings is 1. The maximum absolute atomic E-state index is 6.00. The molecule has 3 aromatic heterocycles. The third kappa shape index (κ3) is 3.86. The highest BCUT2D eigenvalue weighted by Crippen LogP contribution is 2.33. The second-order valence-electron chi connectivity index (χ2n) is 7.58. The fraction of sp³-hybridized carbons (Fsp3) is 0.273. The zero-order valence-electron chi connectivity index (χ0n) is 16.0. The number of anilines is 1. The zero-order chi connectivity index (χ0) is 19.6. The van der Waals surface area contributed by atoms with Gasteiger partial charge in [-0.05, 0) is 42.7 Å². The van der Waals surface area contributed by atoms with Crippen LogP contribution in [0.4, 0.5) is 5.69 Å². The van der Waals surface area contributed by atoms with Gasteiger partial charge in [0.15, 0.2) is 0 Å². The van der Waals surface area contributed by atoms with E-state index in [1.54, 1.807) is 6.20 Å². The normalized spacial score (nSPS) is 15.8. The molecule has 0 radical (unpaired) electrons. The van der Waals surface area contributed by atoms with Gasteiger partial charge in [-0.3, -0.25) is 10.00 Å². The molecule has 0 amide bonds. The van der Waals surface area contributed by atoms with Gasteiger partial charge in [0.25, 0.3) is 0 Å². The van der Waals surface area contributed by atoms with Crippen molar-refractivity contribution in [3.8, 4) is 11.3 Å². The fourth-order valence-electron chi connectivity index (χ4n) is 4.06. The van der Waals surface area contributed by atoms with E-state index in [0.29, 0.717) is 6.04 Å². The predicted octanol–water partition coefficient (Wildman–Crippen LogP) is 4.68. The molecule has 1 saturated heterocycles. The van der Waals surface area contributed by atoms with Gasteiger partial charge in [0.1, 0.15) is 5.65 Å². The first-order valence-electron chi connectivity index (χ1n) is 9.95. The number of aromatic nitrogens is 4. The number of pyridine rings is 1. The molecule has 0 aliphatic carbocycles. The molecule has 6 nitrogen and oxygen atoms in total. The second kappa shape index (κ2) is 7.89. The van der Waals surface area contributed by atoms with Crippen molar-refractivity contribution in [1.29, 1.82) is 0 Å². The fourth-order valence-corrected chi connectivity index (χ4v) is 4.19. The van der Waals surface area contributed by atoms with E-state index >= 15 is 0 Å². The van der Waals surface area contributed by atoms with Gasteiger partial charge in [-0.15, -0.1) is 0 Å². The van der Waals surface area contributed by atoms with Crippen LogP contribution in [0, 0.1) is 0 Å². The van der Waals surface area contributed by atoms with E-state index in [-0.39, 0.29) is 0 Å². The summed E-state index contributed by atoms with van der Waals surface area (Å²) in [7, 11) is 0. The second-order valence-corrected chi connectivity index (χ2v) is 8.01. The van der Waals surface area contributed by atoms with E-state index in [0.717, 1.165) is 65.5 Å². The van der Waals surface area contributed by atoms with Crippen LogP contribution >= 0.6 is 11.6 Å². The van der Waals surface area contributed by atoms with Gasteiger partial charge in [0, 0.05) is 60.2 Å². The Morgan fingerprint density at radius 1 is 1.10 bits per heavy atom. The SMILES string of the molecule is Clc1ccc(CN2CCC(Nc3c(-c4ccn[nH]4)cnc4[nH]ccc34)CC2)cc1. The largest absolute Gasteiger partial charge is 0.381 e. The Labute approximate surface area is 174 Å². The van der Waals surface area contributed by atoms with Gasteiger partial charge in [0.05, 0.1) is 11.4 Å². The third-order valence-corrected chi connectivity index (χ3v) is 5.88. The van der Waals surface area contributed by atoms with Crippen molar-refractivity contribution in [2.45, 2.75) is 25.4 Å². The Balaban J connectivity index is 1.30. The summed E-state index contributed by atoms with van der Waals surface area (Å²) in [5, 5.41) is 12.9. The van der Waals surface area contributed by atoms with Gasteiger partial charge in [-0.2, -0.15) is 5.10 Å². The van der Waals surface area contributed by atoms with Crippen LogP contribution in [0.15, 0.2) is 55.0 Å². The maximum Gasteiger partial charge on any atom is 0.139 e. The van der Waals surface area contributed by atoms with Crippen molar-refractivity contribution in [2.75, 3.05) is 18.4 Å². The van der Waals surface area contributed by atoms with E-state index < -0.39 is 0 Å². The minimum atomic E-state index is 0.429. The topological polar surface area (TPSA) is 72.6 Å². The predicted molar refractivity (Wildman–Crippen MR) is 117 cm³/mol. The first-order valence-corrected chi connectivity index (χ1v) is 10.3. The molecule has 7 heteroatoms. The van der Waals surface area contributed by atoms with Gasteiger partial charge >= 0.3 is 0 Å². The lowest BCUT2D eigenvalue weighted by Gasteiger charge is -2.33. The zero-order valence-corrected chi connectivity index (χ0v) is 16.8. The summed E-state index contributed by atoms with van der Waals surface area (Å²) in [5.41, 5.74) is 5.36. The Morgan fingerprint density at radius 3 is 2.69 bits per heavy atom. The number of H-pyrrole nitrogens is 2. The number of fused-ring (bicyclic) bond motifs is 1. The lowest BCUT2D eigenvalue weighted by Crippen LogP contribution is -2.38. The number of hydrogen-bond donors (Lipinski definition) is 3. The number of nitrogens with zero attached hydrogens (tertiary/aromatic N) is 3. The number of rotatable bonds is 5. The summed E-state index contributed by atoms with van der Waals surface area (Å²) in [5.74, 6) is 0. The number of aromatic amines is 2. The molecule has 1 aromatic carbocycles. The minimum absolute atomic E-state index is 0.429. The molecule has 1 aliphatic rings. The van der Waals surface area contributed by atoms with Crippen LogP contribution in [0.1, 0.15) is 18.4 Å². The van der Waals surface area contributed by atoms with Crippen molar-refractivity contribution in [2.24, 2.45) is 0 Å². The van der Waals surface area contributed by atoms with Gasteiger partial charge in [-0.1, -0.05) is 23.7 Å². The average molecular weight is 407 g/mol. The molecular formula is C22H23ClN6. The average Bonchev–Trinajstić information content (AvgIpc) is 3.43. The first-order chi connectivity index (χ1) is 14.3. The molecule has 0 bridgehead atoms. The summed E-state index contributed by atoms with van der Waals surface area (Å²) < 4.78 is 0. The lowest BCUT2D eigenvalue weighted by molar-refractivity contribution is 0.211. The molecule has 0 spiro atoms. The molecule has 3 N–H and O–H groups in total. The molecule has 1 aliphatic heterocycles. The quantitative estimate of drug-likeness (QED) is 0.450. The van der Waals surface area contributed by atoms with E-state index in [1.165, 1.54) is 5.56 Å². The summed E-state index contributed by atoms with van der Waals surface area (Å²) in [4.78, 5) is 10.3. The Hall–Kier alpha value is -2.83. The Morgan fingerprint density at radius 2 is 1.93 bits per heavy atom. The maximum atomic E-state index is 6.00. The highest BCUT2D eigenvalue weighted by atomic mass is 35.5. The smallest absolute Gasteiger partial charge is 0.139 e. The molecule has 1 fully saturated rings. The minimum Gasteiger partial charge on any atom is -0.381 e. The lowest BCUT2D eigenvalue weighted by atomic mass is 10.0. The van der Waals surface area contributed by atoms with Crippen LogP contribution in [0.3, 0.4) is 0 Å². The van der Waals surface area contributed by atoms with Gasteiger partial charge < -0.3 is 10.3 Å². The molecule has 148 valence electrons. The van der Waals surface area contributed by atoms with E-state index in [2.05, 4.69) is 48.6 Å². The van der Waals surface area contributed by atoms with Crippen molar-refractivity contribution >= 4 is 28.3 Å². The van der Waals surface area contributed by atoms with Crippen LogP contribution < -0.4 is 5.32 Å². The van der Waals surface area contributed by atoms with E-state index in [1.807, 2.05) is 30.6 Å². The molecule has 4 aromatic rings. The molecule has 0 atom stereocenters. The van der Waals surface area contributed by atoms with Crippen LogP contribution in [0.5, 0.6) is 0 Å². The number of piperidine rings is 1. The highest BCUT2D eigenvalue weighted by molar-refractivity contribution is 6.30. The van der Waals surface area contributed by atoms with Crippen molar-refractivity contribution in [3.05, 3.63) is 65.6 Å². The molecule has 29 heavy (non-hydrogen) atoms. The summed E-state index contributed by atoms with van der Waals surface area (Å²) >= 11 is 6.00. The van der Waals surface area contributed by atoms with E-state index in [4.69, 9.17) is 11.6 Å². The summed E-state index contributed by atoms with van der Waals surface area (Å²) in [6, 6.07) is 12.7. The molecule has 5 rings (SSSR count). The highest BCUT2D eigenvalue weighted by Gasteiger charge is 2.22. The van der Waals surface area contributed by atoms with Crippen molar-refractivity contribution in [1.82, 2.24) is 25.1 Å². The molecule has 0 saturated carbocycles. The molecule has 4 heterocycles. The number of nitrogens with one attached hydrogen (secondary N) is 3. The van der Waals surface area contributed by atoms with Crippen molar-refractivity contribution < 1.29 is 0 Å². The van der Waals surface area contributed by atoms with Gasteiger partial charge in [0.2, 0.25) is 0 Å². The van der Waals surface area contributed by atoms with Crippen molar-refractivity contribution in [3.63, 3.8) is 0 Å². The van der Waals surface area contributed by atoms with Crippen LogP contribution in [-0.2, 0) is 6.54 Å². The molecular weight excluding hydrogens is 384 g/mol. The Kier molecular flexibility index (Phi) is 4.96. The Bertz CT molecular complexity index is 1080. The van der Waals surface area contributed by atoms with Crippen LogP contribution in [0.25, 0.3) is 22.3 Å². The number of halogens is 1. The van der Waals surface area contributed by atoms with E-state index in [9.17, 15) is 0 Å². The standard InChI is InChI=1S/C22H23ClN6/c23-16-3-1-15(2-4-16)14-29-11-7-17(8-12-29)27-21-18-5-9-24-22(18)25-13-19(21)20-6-10-26-28-20/h1-6,9-10,13,17H,7-8,11-12,14H2,(H,26,28)(H2,24,25,27).